The SMILES string of the molecule is COC(=O)C(N)Cc1ccc2occc2c1. The molecule has 0 radical (unpaired) electrons. The van der Waals surface area contributed by atoms with Crippen molar-refractivity contribution in [3.63, 3.8) is 0 Å². The van der Waals surface area contributed by atoms with E-state index in [0.717, 1.165) is 16.5 Å². The van der Waals surface area contributed by atoms with Gasteiger partial charge in [-0.05, 0) is 30.2 Å². The molecule has 2 N–H and O–H groups in total. The summed E-state index contributed by atoms with van der Waals surface area (Å²) in [4.78, 5) is 11.2. The van der Waals surface area contributed by atoms with Crippen molar-refractivity contribution < 1.29 is 13.9 Å². The highest BCUT2D eigenvalue weighted by atomic mass is 16.5. The van der Waals surface area contributed by atoms with Crippen molar-refractivity contribution in [1.82, 2.24) is 0 Å². The van der Waals surface area contributed by atoms with Gasteiger partial charge >= 0.3 is 5.97 Å². The normalized spacial score (nSPS) is 12.6. The van der Waals surface area contributed by atoms with Crippen LogP contribution in [0.25, 0.3) is 11.0 Å². The summed E-state index contributed by atoms with van der Waals surface area (Å²) in [6, 6.07) is 6.99. The van der Waals surface area contributed by atoms with Crippen LogP contribution in [0.15, 0.2) is 34.9 Å². The minimum absolute atomic E-state index is 0.396. The molecule has 0 bridgehead atoms. The number of carbonyl (C=O) groups is 1. The van der Waals surface area contributed by atoms with Crippen LogP contribution >= 0.6 is 0 Å². The van der Waals surface area contributed by atoms with Crippen molar-refractivity contribution in [2.75, 3.05) is 7.11 Å². The molecule has 4 heteroatoms. The summed E-state index contributed by atoms with van der Waals surface area (Å²) in [5.74, 6) is -0.396. The van der Waals surface area contributed by atoms with Crippen molar-refractivity contribution in [1.29, 1.82) is 0 Å². The Morgan fingerprint density at radius 3 is 3.06 bits per heavy atom. The third-order valence-corrected chi connectivity index (χ3v) is 2.48. The zero-order valence-corrected chi connectivity index (χ0v) is 8.97. The summed E-state index contributed by atoms with van der Waals surface area (Å²) >= 11 is 0. The van der Waals surface area contributed by atoms with E-state index < -0.39 is 12.0 Å². The molecule has 2 aromatic rings. The van der Waals surface area contributed by atoms with Gasteiger partial charge in [-0.25, -0.2) is 0 Å². The Labute approximate surface area is 93.0 Å². The molecule has 2 rings (SSSR count). The summed E-state index contributed by atoms with van der Waals surface area (Å²) in [7, 11) is 1.33. The molecule has 1 unspecified atom stereocenters. The smallest absolute Gasteiger partial charge is 0.322 e. The molecule has 16 heavy (non-hydrogen) atoms. The monoisotopic (exact) mass is 219 g/mol. The lowest BCUT2D eigenvalue weighted by Crippen LogP contribution is -2.33. The number of methoxy groups -OCH3 is 1. The van der Waals surface area contributed by atoms with Crippen LogP contribution in [0.5, 0.6) is 0 Å². The first-order valence-electron chi connectivity index (χ1n) is 5.00. The van der Waals surface area contributed by atoms with E-state index in [1.165, 1.54) is 7.11 Å². The molecular formula is C12H13NO3. The number of fused-ring (bicyclic) bond motifs is 1. The summed E-state index contributed by atoms with van der Waals surface area (Å²) in [5, 5.41) is 1.01. The van der Waals surface area contributed by atoms with Gasteiger partial charge in [0.2, 0.25) is 0 Å². The van der Waals surface area contributed by atoms with E-state index in [0.29, 0.717) is 6.42 Å². The van der Waals surface area contributed by atoms with E-state index in [9.17, 15) is 4.79 Å². The number of nitrogens with two attached hydrogens (primary N) is 1. The number of furan rings is 1. The molecule has 0 aliphatic rings. The maximum atomic E-state index is 11.2. The quantitative estimate of drug-likeness (QED) is 0.794. The van der Waals surface area contributed by atoms with Gasteiger partial charge in [0.05, 0.1) is 13.4 Å². The first kappa shape index (κ1) is 10.7. The van der Waals surface area contributed by atoms with E-state index in [2.05, 4.69) is 4.74 Å². The lowest BCUT2D eigenvalue weighted by molar-refractivity contribution is -0.142. The van der Waals surface area contributed by atoms with Gasteiger partial charge in [0, 0.05) is 5.39 Å². The number of hydrogen-bond acceptors (Lipinski definition) is 4. The fourth-order valence-electron chi connectivity index (χ4n) is 1.63. The van der Waals surface area contributed by atoms with Crippen molar-refractivity contribution in [2.24, 2.45) is 5.73 Å². The standard InChI is InChI=1S/C12H13NO3/c1-15-12(14)10(13)7-8-2-3-11-9(6-8)4-5-16-11/h2-6,10H,7,13H2,1H3. The van der Waals surface area contributed by atoms with Gasteiger partial charge in [-0.1, -0.05) is 6.07 Å². The highest BCUT2D eigenvalue weighted by molar-refractivity contribution is 5.79. The third kappa shape index (κ3) is 2.06. The summed E-state index contributed by atoms with van der Waals surface area (Å²) in [6.07, 6.45) is 2.10. The summed E-state index contributed by atoms with van der Waals surface area (Å²) in [5.41, 5.74) is 7.50. The molecule has 0 amide bonds. The molecule has 0 aliphatic carbocycles. The van der Waals surface area contributed by atoms with Crippen LogP contribution in [0.3, 0.4) is 0 Å². The second kappa shape index (κ2) is 4.37. The molecule has 1 aromatic carbocycles. The molecule has 0 aliphatic heterocycles. The van der Waals surface area contributed by atoms with E-state index in [1.807, 2.05) is 24.3 Å². The highest BCUT2D eigenvalue weighted by Gasteiger charge is 2.14. The highest BCUT2D eigenvalue weighted by Crippen LogP contribution is 2.17. The molecular weight excluding hydrogens is 206 g/mol. The van der Waals surface area contributed by atoms with Crippen LogP contribution in [0.4, 0.5) is 0 Å². The second-order valence-corrected chi connectivity index (χ2v) is 3.63. The molecule has 4 nitrogen and oxygen atoms in total. The first-order valence-corrected chi connectivity index (χ1v) is 5.00. The van der Waals surface area contributed by atoms with Gasteiger partial charge in [-0.2, -0.15) is 0 Å². The predicted octanol–water partition coefficient (Wildman–Crippen LogP) is 1.48. The van der Waals surface area contributed by atoms with Gasteiger partial charge < -0.3 is 14.9 Å². The fourth-order valence-corrected chi connectivity index (χ4v) is 1.63. The second-order valence-electron chi connectivity index (χ2n) is 3.63. The molecule has 0 saturated carbocycles. The minimum Gasteiger partial charge on any atom is -0.468 e. The average molecular weight is 219 g/mol. The molecule has 1 heterocycles. The number of esters is 1. The van der Waals surface area contributed by atoms with E-state index >= 15 is 0 Å². The van der Waals surface area contributed by atoms with Crippen LogP contribution in [0, 0.1) is 0 Å². The van der Waals surface area contributed by atoms with Crippen molar-refractivity contribution in [3.8, 4) is 0 Å². The lowest BCUT2D eigenvalue weighted by atomic mass is 10.1. The number of carbonyl (C=O) groups excluding carboxylic acids is 1. The van der Waals surface area contributed by atoms with Crippen LogP contribution < -0.4 is 5.73 Å². The Kier molecular flexibility index (Phi) is 2.92. The lowest BCUT2D eigenvalue weighted by Gasteiger charge is -2.08. The summed E-state index contributed by atoms with van der Waals surface area (Å²) in [6.45, 7) is 0. The maximum Gasteiger partial charge on any atom is 0.322 e. The van der Waals surface area contributed by atoms with Gasteiger partial charge in [-0.3, -0.25) is 4.79 Å². The van der Waals surface area contributed by atoms with Crippen molar-refractivity contribution in [2.45, 2.75) is 12.5 Å². The maximum absolute atomic E-state index is 11.2. The number of benzene rings is 1. The van der Waals surface area contributed by atoms with Crippen LogP contribution in [-0.2, 0) is 16.0 Å². The van der Waals surface area contributed by atoms with Gasteiger partial charge in [-0.15, -0.1) is 0 Å². The van der Waals surface area contributed by atoms with Crippen molar-refractivity contribution in [3.05, 3.63) is 36.1 Å². The number of hydrogen-bond donors (Lipinski definition) is 1. The van der Waals surface area contributed by atoms with E-state index in [1.54, 1.807) is 6.26 Å². The largest absolute Gasteiger partial charge is 0.468 e. The van der Waals surface area contributed by atoms with Crippen LogP contribution in [0.1, 0.15) is 5.56 Å². The predicted molar refractivity (Wildman–Crippen MR) is 59.9 cm³/mol. The topological polar surface area (TPSA) is 65.5 Å². The summed E-state index contributed by atoms with van der Waals surface area (Å²) < 4.78 is 9.80. The Bertz CT molecular complexity index is 504. The zero-order chi connectivity index (χ0) is 11.5. The van der Waals surface area contributed by atoms with Gasteiger partial charge in [0.15, 0.2) is 0 Å². The van der Waals surface area contributed by atoms with Crippen LogP contribution in [-0.4, -0.2) is 19.1 Å². The van der Waals surface area contributed by atoms with Gasteiger partial charge in [0.25, 0.3) is 0 Å². The van der Waals surface area contributed by atoms with Crippen molar-refractivity contribution >= 4 is 16.9 Å². The molecule has 1 atom stereocenters. The van der Waals surface area contributed by atoms with Gasteiger partial charge in [0.1, 0.15) is 11.6 Å². The fraction of sp³-hybridized carbons (Fsp3) is 0.250. The Morgan fingerprint density at radius 2 is 2.31 bits per heavy atom. The minimum atomic E-state index is -0.616. The number of rotatable bonds is 3. The molecule has 0 fully saturated rings. The Hall–Kier alpha value is -1.81. The molecule has 0 saturated heterocycles. The molecule has 1 aromatic heterocycles. The Morgan fingerprint density at radius 1 is 1.50 bits per heavy atom. The molecule has 0 spiro atoms. The third-order valence-electron chi connectivity index (χ3n) is 2.48. The molecule has 84 valence electrons. The van der Waals surface area contributed by atoms with Crippen LogP contribution in [0.2, 0.25) is 0 Å². The Balaban J connectivity index is 2.17. The average Bonchev–Trinajstić information content (AvgIpc) is 2.75. The van der Waals surface area contributed by atoms with E-state index in [4.69, 9.17) is 10.2 Å². The zero-order valence-electron chi connectivity index (χ0n) is 8.97. The van der Waals surface area contributed by atoms with E-state index in [-0.39, 0.29) is 0 Å². The first-order chi connectivity index (χ1) is 7.70. The number of ether oxygens (including phenoxy) is 1.